The molecule has 45 heavy (non-hydrogen) atoms. The first-order chi connectivity index (χ1) is 21.4. The number of nitrogens with one attached hydrogen (secondary N) is 2. The standard InChI is InChI=1S/C17H19BN4O5S.C7H10F2N2O2.C4H8/c1-9(14(20-8-23)12-7-28-17(19)22-12)21-13-6-10-4-3-5-11(16(24)25)15(10)27-18(13)26-2;1-10-2-3-11(4-5(8)9)7(13)6(10)12;1-4-2-3-4/h3-5,7-8,13-14,21H,1,6H2,2H3,(H2,19,22)(H,20,23)(H,24,25);5H,2-4H2,1H3;4H,2-3H2,1H3. The molecule has 2 aromatic rings. The summed E-state index contributed by atoms with van der Waals surface area (Å²) in [5.41, 5.74) is 7.54. The summed E-state index contributed by atoms with van der Waals surface area (Å²) in [5, 5.41) is 17.4. The van der Waals surface area contributed by atoms with E-state index in [1.807, 2.05) is 0 Å². The molecule has 2 unspecified atom stereocenters. The van der Waals surface area contributed by atoms with E-state index in [0.717, 1.165) is 16.4 Å². The summed E-state index contributed by atoms with van der Waals surface area (Å²) in [5.74, 6) is -1.61. The smallest absolute Gasteiger partial charge is 0.534 e. The molecule has 244 valence electrons. The van der Waals surface area contributed by atoms with Crippen molar-refractivity contribution in [3.05, 3.63) is 52.7 Å². The van der Waals surface area contributed by atoms with E-state index in [2.05, 4.69) is 29.1 Å². The Morgan fingerprint density at radius 2 is 2.02 bits per heavy atom. The van der Waals surface area contributed by atoms with E-state index in [1.165, 1.54) is 49.3 Å². The molecule has 1 aromatic carbocycles. The third-order valence-corrected chi connectivity index (χ3v) is 7.79. The van der Waals surface area contributed by atoms with Crippen LogP contribution in [0.1, 0.15) is 47.4 Å². The Hall–Kier alpha value is -4.25. The first-order valence-electron chi connectivity index (χ1n) is 14.1. The highest BCUT2D eigenvalue weighted by molar-refractivity contribution is 7.13. The number of nitrogen functional groups attached to an aromatic ring is 1. The summed E-state index contributed by atoms with van der Waals surface area (Å²) >= 11 is 1.26. The van der Waals surface area contributed by atoms with Gasteiger partial charge in [-0.25, -0.2) is 18.6 Å². The molecule has 3 amide bonds. The van der Waals surface area contributed by atoms with Gasteiger partial charge in [0.1, 0.15) is 11.8 Å². The number of hydrogen-bond acceptors (Lipinski definition) is 10. The molecule has 5 N–H and O–H groups in total. The SMILES string of the molecule is C=C(NC1Cc2cccc(C(=O)O)c2OB1OC)C(NC=O)c1csc(N)n1.CC1CC1.CN1CCN(CC(F)F)C(=O)C1=O. The number of anilines is 1. The van der Waals surface area contributed by atoms with Crippen molar-refractivity contribution in [2.24, 2.45) is 5.92 Å². The Morgan fingerprint density at radius 3 is 2.56 bits per heavy atom. The summed E-state index contributed by atoms with van der Waals surface area (Å²) in [7, 11) is 2.20. The highest BCUT2D eigenvalue weighted by Gasteiger charge is 2.39. The zero-order valence-corrected chi connectivity index (χ0v) is 26.0. The fourth-order valence-corrected chi connectivity index (χ4v) is 4.97. The Bertz CT molecular complexity index is 1380. The Kier molecular flexibility index (Phi) is 12.7. The van der Waals surface area contributed by atoms with Crippen molar-refractivity contribution in [3.8, 4) is 5.75 Å². The van der Waals surface area contributed by atoms with Gasteiger partial charge in [-0.15, -0.1) is 11.3 Å². The number of amides is 3. The minimum atomic E-state index is -2.58. The summed E-state index contributed by atoms with van der Waals surface area (Å²) in [6, 6.07) is 4.36. The van der Waals surface area contributed by atoms with Crippen molar-refractivity contribution >= 4 is 47.8 Å². The van der Waals surface area contributed by atoms with Gasteiger partial charge in [-0.05, 0) is 24.0 Å². The molecule has 0 radical (unpaired) electrons. The van der Waals surface area contributed by atoms with Gasteiger partial charge in [0.2, 0.25) is 6.41 Å². The van der Waals surface area contributed by atoms with Crippen LogP contribution in [0.3, 0.4) is 0 Å². The number of carbonyl (C=O) groups is 4. The Morgan fingerprint density at radius 1 is 1.33 bits per heavy atom. The van der Waals surface area contributed by atoms with Crippen LogP contribution in [0.2, 0.25) is 0 Å². The fraction of sp³-hybridized carbons (Fsp3) is 0.464. The van der Waals surface area contributed by atoms with E-state index in [9.17, 15) is 33.1 Å². The number of benzene rings is 1. The van der Waals surface area contributed by atoms with Crippen LogP contribution in [0.15, 0.2) is 35.9 Å². The van der Waals surface area contributed by atoms with Gasteiger partial charge in [-0.2, -0.15) is 0 Å². The highest BCUT2D eigenvalue weighted by Crippen LogP contribution is 2.32. The normalized spacial score (nSPS) is 18.0. The third-order valence-electron chi connectivity index (χ3n) is 7.10. The van der Waals surface area contributed by atoms with E-state index >= 15 is 0 Å². The number of nitrogens with two attached hydrogens (primary N) is 1. The molecule has 0 spiro atoms. The van der Waals surface area contributed by atoms with E-state index in [1.54, 1.807) is 17.5 Å². The number of nitrogens with zero attached hydrogens (tertiary/aromatic N) is 3. The maximum absolute atomic E-state index is 11.9. The molecule has 2 fully saturated rings. The van der Waals surface area contributed by atoms with Crippen LogP contribution in [0.5, 0.6) is 5.75 Å². The van der Waals surface area contributed by atoms with Gasteiger partial charge in [0.15, 0.2) is 5.13 Å². The number of thiazole rings is 1. The lowest BCUT2D eigenvalue weighted by atomic mass is 9.71. The lowest BCUT2D eigenvalue weighted by Crippen LogP contribution is -2.53. The van der Waals surface area contributed by atoms with Crippen LogP contribution < -0.4 is 21.0 Å². The third kappa shape index (κ3) is 9.87. The molecule has 13 nitrogen and oxygen atoms in total. The number of fused-ring (bicyclic) bond motifs is 1. The number of alkyl halides is 2. The number of rotatable bonds is 10. The second kappa shape index (κ2) is 16.2. The van der Waals surface area contributed by atoms with Crippen molar-refractivity contribution < 1.29 is 42.4 Å². The number of likely N-dealkylation sites (N-methyl/N-ethyl adjacent to an activating group) is 1. The monoisotopic (exact) mass is 650 g/mol. The number of halogens is 2. The van der Waals surface area contributed by atoms with Gasteiger partial charge < -0.3 is 40.6 Å². The molecule has 0 bridgehead atoms. The Labute approximate surface area is 263 Å². The molecule has 1 saturated carbocycles. The predicted octanol–water partition coefficient (Wildman–Crippen LogP) is 1.96. The van der Waals surface area contributed by atoms with Crippen molar-refractivity contribution in [2.45, 2.75) is 44.6 Å². The van der Waals surface area contributed by atoms with Gasteiger partial charge in [0, 0.05) is 38.3 Å². The molecule has 3 aliphatic rings. The average Bonchev–Trinajstić information content (AvgIpc) is 3.67. The van der Waals surface area contributed by atoms with Crippen molar-refractivity contribution in [1.82, 2.24) is 25.4 Å². The predicted molar refractivity (Wildman–Crippen MR) is 164 cm³/mol. The molecule has 2 aliphatic heterocycles. The van der Waals surface area contributed by atoms with Gasteiger partial charge in [0.25, 0.3) is 6.43 Å². The number of aromatic carboxylic acids is 1. The van der Waals surface area contributed by atoms with E-state index in [0.29, 0.717) is 41.6 Å². The van der Waals surface area contributed by atoms with Crippen LogP contribution >= 0.6 is 11.3 Å². The number of hydrogen-bond donors (Lipinski definition) is 4. The Balaban J connectivity index is 0.000000267. The average molecular weight is 651 g/mol. The molecular weight excluding hydrogens is 613 g/mol. The summed E-state index contributed by atoms with van der Waals surface area (Å²) in [6.07, 6.45) is 1.40. The molecule has 5 rings (SSSR count). The zero-order valence-electron chi connectivity index (χ0n) is 25.2. The summed E-state index contributed by atoms with van der Waals surface area (Å²) in [6.45, 7) is 6.14. The number of piperazine rings is 1. The number of carboxylic acid groups (broad SMARTS) is 1. The van der Waals surface area contributed by atoms with Crippen molar-refractivity contribution in [2.75, 3.05) is 39.5 Å². The first-order valence-corrected chi connectivity index (χ1v) is 15.0. The minimum absolute atomic E-state index is 0.0790. The maximum Gasteiger partial charge on any atom is 0.549 e. The van der Waals surface area contributed by atoms with Crippen LogP contribution in [0.25, 0.3) is 0 Å². The molecule has 1 saturated heterocycles. The van der Waals surface area contributed by atoms with Gasteiger partial charge in [0.05, 0.1) is 23.7 Å². The van der Waals surface area contributed by atoms with Crippen LogP contribution in [-0.4, -0.2) is 97.4 Å². The summed E-state index contributed by atoms with van der Waals surface area (Å²) in [4.78, 5) is 50.9. The van der Waals surface area contributed by atoms with Crippen LogP contribution in [0.4, 0.5) is 13.9 Å². The second-order valence-corrected chi connectivity index (χ2v) is 11.6. The lowest BCUT2D eigenvalue weighted by Gasteiger charge is -2.33. The second-order valence-electron chi connectivity index (χ2n) is 10.7. The first kappa shape index (κ1) is 35.2. The molecule has 2 atom stereocenters. The number of aromatic nitrogens is 1. The van der Waals surface area contributed by atoms with E-state index in [-0.39, 0.29) is 18.0 Å². The van der Waals surface area contributed by atoms with E-state index in [4.69, 9.17) is 15.0 Å². The molecular formula is C28H37BF2N6O7S. The van der Waals surface area contributed by atoms with Crippen LogP contribution in [0, 0.1) is 5.92 Å². The maximum atomic E-state index is 11.9. The van der Waals surface area contributed by atoms with Gasteiger partial charge in [-0.3, -0.25) is 14.4 Å². The van der Waals surface area contributed by atoms with Crippen molar-refractivity contribution in [3.63, 3.8) is 0 Å². The van der Waals surface area contributed by atoms with Gasteiger partial charge in [-0.1, -0.05) is 38.5 Å². The summed E-state index contributed by atoms with van der Waals surface area (Å²) < 4.78 is 35.0. The topological polar surface area (TPSA) is 176 Å². The quantitative estimate of drug-likeness (QED) is 0.169. The zero-order chi connectivity index (χ0) is 33.3. The lowest BCUT2D eigenvalue weighted by molar-refractivity contribution is -0.156. The molecule has 1 aliphatic carbocycles. The van der Waals surface area contributed by atoms with Crippen molar-refractivity contribution in [1.29, 1.82) is 0 Å². The van der Waals surface area contributed by atoms with E-state index < -0.39 is 43.9 Å². The van der Waals surface area contributed by atoms with Gasteiger partial charge >= 0.3 is 24.9 Å². The molecule has 1 aromatic heterocycles. The molecule has 17 heteroatoms. The number of carboxylic acids is 1. The largest absolute Gasteiger partial charge is 0.549 e. The highest BCUT2D eigenvalue weighted by atomic mass is 32.1. The van der Waals surface area contributed by atoms with Crippen LogP contribution in [-0.2, 0) is 25.5 Å². The number of para-hydroxylation sites is 1. The number of carbonyl (C=O) groups excluding carboxylic acids is 3. The molecule has 3 heterocycles. The fourth-order valence-electron chi connectivity index (χ4n) is 4.38. The minimum Gasteiger partial charge on any atom is -0.534 e.